The molecule has 0 spiro atoms. The zero-order valence-electron chi connectivity index (χ0n) is 14.9. The highest BCUT2D eigenvalue weighted by Crippen LogP contribution is 2.24. The van der Waals surface area contributed by atoms with Gasteiger partial charge in [-0.25, -0.2) is 12.7 Å². The molecule has 0 bridgehead atoms. The Balaban J connectivity index is 2.04. The number of rotatable bonds is 7. The Kier molecular flexibility index (Phi) is 6.63. The quantitative estimate of drug-likeness (QED) is 0.781. The molecule has 0 aliphatic carbocycles. The standard InChI is InChI=1S/C18H22ClN3O3S/c1-21(2)26(24,25)17-13-14(9-10-16(17)19)18(23)20-11-12-22(3)15-7-5-4-6-8-15/h4-10,13H,11-12H2,1-3H3,(H,20,23). The van der Waals surface area contributed by atoms with Gasteiger partial charge in [0.1, 0.15) is 4.90 Å². The van der Waals surface area contributed by atoms with Crippen molar-refractivity contribution in [1.82, 2.24) is 9.62 Å². The van der Waals surface area contributed by atoms with Crippen molar-refractivity contribution >= 4 is 33.2 Å². The van der Waals surface area contributed by atoms with Crippen molar-refractivity contribution in [3.8, 4) is 0 Å². The van der Waals surface area contributed by atoms with Crippen molar-refractivity contribution in [2.24, 2.45) is 0 Å². The second-order valence-electron chi connectivity index (χ2n) is 5.95. The van der Waals surface area contributed by atoms with Gasteiger partial charge in [0.15, 0.2) is 0 Å². The van der Waals surface area contributed by atoms with Gasteiger partial charge in [-0.15, -0.1) is 0 Å². The summed E-state index contributed by atoms with van der Waals surface area (Å²) in [5.74, 6) is -0.349. The van der Waals surface area contributed by atoms with E-state index in [2.05, 4.69) is 5.32 Å². The van der Waals surface area contributed by atoms with Crippen molar-refractivity contribution in [2.45, 2.75) is 4.90 Å². The van der Waals surface area contributed by atoms with Gasteiger partial charge in [-0.1, -0.05) is 29.8 Å². The summed E-state index contributed by atoms with van der Waals surface area (Å²) in [5.41, 5.74) is 1.30. The predicted octanol–water partition coefficient (Wildman–Crippen LogP) is 2.46. The average Bonchev–Trinajstić information content (AvgIpc) is 2.62. The van der Waals surface area contributed by atoms with E-state index < -0.39 is 10.0 Å². The van der Waals surface area contributed by atoms with Crippen LogP contribution >= 0.6 is 11.6 Å². The molecule has 140 valence electrons. The molecule has 0 fully saturated rings. The minimum absolute atomic E-state index is 0.0825. The largest absolute Gasteiger partial charge is 0.373 e. The minimum atomic E-state index is -3.72. The first-order valence-electron chi connectivity index (χ1n) is 8.00. The monoisotopic (exact) mass is 395 g/mol. The fourth-order valence-corrected chi connectivity index (χ4v) is 3.68. The summed E-state index contributed by atoms with van der Waals surface area (Å²) in [6, 6.07) is 14.0. The Bertz CT molecular complexity index is 871. The summed E-state index contributed by atoms with van der Waals surface area (Å²) in [4.78, 5) is 14.3. The van der Waals surface area contributed by atoms with E-state index in [4.69, 9.17) is 11.6 Å². The lowest BCUT2D eigenvalue weighted by atomic mass is 10.2. The number of anilines is 1. The number of amides is 1. The lowest BCUT2D eigenvalue weighted by molar-refractivity contribution is 0.0954. The fraction of sp³-hybridized carbons (Fsp3) is 0.278. The zero-order chi connectivity index (χ0) is 19.3. The van der Waals surface area contributed by atoms with Crippen LogP contribution in [0.25, 0.3) is 0 Å². The summed E-state index contributed by atoms with van der Waals surface area (Å²) >= 11 is 6.00. The highest BCUT2D eigenvalue weighted by atomic mass is 35.5. The van der Waals surface area contributed by atoms with E-state index in [1.54, 1.807) is 0 Å². The molecule has 0 unspecified atom stereocenters. The summed E-state index contributed by atoms with van der Waals surface area (Å²) in [6.45, 7) is 1.04. The predicted molar refractivity (Wildman–Crippen MR) is 104 cm³/mol. The molecule has 0 aromatic heterocycles. The molecule has 1 amide bonds. The maximum absolute atomic E-state index is 12.3. The lowest BCUT2D eigenvalue weighted by Gasteiger charge is -2.19. The van der Waals surface area contributed by atoms with Crippen molar-refractivity contribution in [1.29, 1.82) is 0 Å². The number of nitrogens with zero attached hydrogens (tertiary/aromatic N) is 2. The molecule has 0 heterocycles. The number of carbonyl (C=O) groups is 1. The molecule has 0 radical (unpaired) electrons. The molecular formula is C18H22ClN3O3S. The van der Waals surface area contributed by atoms with Gasteiger partial charge in [0.25, 0.3) is 5.91 Å². The van der Waals surface area contributed by atoms with Gasteiger partial charge in [0.2, 0.25) is 10.0 Å². The summed E-state index contributed by atoms with van der Waals surface area (Å²) in [5, 5.41) is 2.88. The van der Waals surface area contributed by atoms with Crippen LogP contribution in [0.1, 0.15) is 10.4 Å². The second kappa shape index (κ2) is 8.53. The maximum Gasteiger partial charge on any atom is 0.251 e. The maximum atomic E-state index is 12.3. The number of hydrogen-bond acceptors (Lipinski definition) is 4. The summed E-state index contributed by atoms with van der Waals surface area (Å²) in [7, 11) is 1.04. The topological polar surface area (TPSA) is 69.7 Å². The first-order valence-corrected chi connectivity index (χ1v) is 9.81. The fourth-order valence-electron chi connectivity index (χ4n) is 2.29. The van der Waals surface area contributed by atoms with E-state index in [1.807, 2.05) is 42.3 Å². The molecular weight excluding hydrogens is 374 g/mol. The van der Waals surface area contributed by atoms with Crippen LogP contribution in [0.4, 0.5) is 5.69 Å². The van der Waals surface area contributed by atoms with Crippen LogP contribution in [-0.2, 0) is 10.0 Å². The van der Waals surface area contributed by atoms with Crippen LogP contribution in [0.2, 0.25) is 5.02 Å². The number of halogens is 1. The Hall–Kier alpha value is -2.09. The van der Waals surface area contributed by atoms with E-state index in [-0.39, 0.29) is 21.4 Å². The van der Waals surface area contributed by atoms with Gasteiger partial charge in [0.05, 0.1) is 5.02 Å². The van der Waals surface area contributed by atoms with Crippen molar-refractivity contribution < 1.29 is 13.2 Å². The molecule has 8 heteroatoms. The number of likely N-dealkylation sites (N-methyl/N-ethyl adjacent to an activating group) is 1. The number of hydrogen-bond donors (Lipinski definition) is 1. The van der Waals surface area contributed by atoms with Crippen molar-refractivity contribution in [3.05, 3.63) is 59.1 Å². The molecule has 0 saturated carbocycles. The molecule has 6 nitrogen and oxygen atoms in total. The highest BCUT2D eigenvalue weighted by molar-refractivity contribution is 7.89. The van der Waals surface area contributed by atoms with Crippen LogP contribution in [0.15, 0.2) is 53.4 Å². The molecule has 2 aromatic rings. The number of para-hydroxylation sites is 1. The van der Waals surface area contributed by atoms with Gasteiger partial charge < -0.3 is 10.2 Å². The molecule has 0 saturated heterocycles. The van der Waals surface area contributed by atoms with E-state index >= 15 is 0 Å². The van der Waals surface area contributed by atoms with Crippen molar-refractivity contribution in [3.63, 3.8) is 0 Å². The van der Waals surface area contributed by atoms with E-state index in [0.29, 0.717) is 13.1 Å². The third-order valence-corrected chi connectivity index (χ3v) is 6.18. The van der Waals surface area contributed by atoms with Crippen LogP contribution in [0.5, 0.6) is 0 Å². The molecule has 2 aromatic carbocycles. The van der Waals surface area contributed by atoms with Gasteiger partial charge in [0, 0.05) is 45.5 Å². The normalized spacial score (nSPS) is 11.4. The van der Waals surface area contributed by atoms with E-state index in [9.17, 15) is 13.2 Å². The van der Waals surface area contributed by atoms with Gasteiger partial charge in [-0.2, -0.15) is 0 Å². The second-order valence-corrected chi connectivity index (χ2v) is 8.47. The SMILES string of the molecule is CN(CCNC(=O)c1ccc(Cl)c(S(=O)(=O)N(C)C)c1)c1ccccc1. The number of benzene rings is 2. The zero-order valence-corrected chi connectivity index (χ0v) is 16.5. The van der Waals surface area contributed by atoms with Crippen LogP contribution in [0, 0.1) is 0 Å². The van der Waals surface area contributed by atoms with Crippen LogP contribution < -0.4 is 10.2 Å². The molecule has 1 N–H and O–H groups in total. The Morgan fingerprint density at radius 1 is 1.08 bits per heavy atom. The highest BCUT2D eigenvalue weighted by Gasteiger charge is 2.22. The van der Waals surface area contributed by atoms with Gasteiger partial charge >= 0.3 is 0 Å². The third-order valence-electron chi connectivity index (χ3n) is 3.88. The molecule has 0 aliphatic heterocycles. The van der Waals surface area contributed by atoms with Gasteiger partial charge in [-0.05, 0) is 30.3 Å². The average molecular weight is 396 g/mol. The first-order chi connectivity index (χ1) is 12.2. The van der Waals surface area contributed by atoms with Crippen molar-refractivity contribution in [2.75, 3.05) is 39.1 Å². The molecule has 26 heavy (non-hydrogen) atoms. The Labute approximate surface area is 159 Å². The molecule has 0 atom stereocenters. The van der Waals surface area contributed by atoms with E-state index in [0.717, 1.165) is 9.99 Å². The van der Waals surface area contributed by atoms with E-state index in [1.165, 1.54) is 32.3 Å². The summed E-state index contributed by atoms with van der Waals surface area (Å²) in [6.07, 6.45) is 0. The minimum Gasteiger partial charge on any atom is -0.373 e. The smallest absolute Gasteiger partial charge is 0.251 e. The molecule has 0 aliphatic rings. The number of nitrogens with one attached hydrogen (secondary N) is 1. The summed E-state index contributed by atoms with van der Waals surface area (Å²) < 4.78 is 25.6. The number of sulfonamides is 1. The number of carbonyl (C=O) groups excluding carboxylic acids is 1. The lowest BCUT2D eigenvalue weighted by Crippen LogP contribution is -2.33. The van der Waals surface area contributed by atoms with Crippen LogP contribution in [0.3, 0.4) is 0 Å². The third kappa shape index (κ3) is 4.75. The first kappa shape index (κ1) is 20.2. The Morgan fingerprint density at radius 2 is 1.73 bits per heavy atom. The van der Waals surface area contributed by atoms with Crippen LogP contribution in [-0.4, -0.2) is 52.9 Å². The van der Waals surface area contributed by atoms with Gasteiger partial charge in [-0.3, -0.25) is 4.79 Å². The Morgan fingerprint density at radius 3 is 2.35 bits per heavy atom. The molecule has 2 rings (SSSR count).